The number of piperazine rings is 1. The number of carbonyl (C=O) groups is 1. The van der Waals surface area contributed by atoms with Gasteiger partial charge in [0.15, 0.2) is 0 Å². The first-order valence-corrected chi connectivity index (χ1v) is 10.4. The molecule has 0 spiro atoms. The number of rotatable bonds is 7. The first-order chi connectivity index (χ1) is 15.0. The van der Waals surface area contributed by atoms with Crippen LogP contribution < -0.4 is 15.5 Å². The Morgan fingerprint density at radius 2 is 1.97 bits per heavy atom. The lowest BCUT2D eigenvalue weighted by Crippen LogP contribution is -2.42. The van der Waals surface area contributed by atoms with E-state index in [1.54, 1.807) is 0 Å². The van der Waals surface area contributed by atoms with Crippen LogP contribution in [0.15, 0.2) is 30.5 Å². The Bertz CT molecular complexity index is 905. The number of nitrogens with zero attached hydrogens (tertiary/aromatic N) is 4. The van der Waals surface area contributed by atoms with Crippen LogP contribution in [0.5, 0.6) is 0 Å². The molecule has 8 nitrogen and oxygen atoms in total. The third-order valence-electron chi connectivity index (χ3n) is 5.43. The SMILES string of the molecule is CC(Nc1ncc2c(n1)N(CC(F)F)C(=O)OC2)c1ccc(CN2CCNCC2)cc1. The number of halogens is 2. The number of ether oxygens (including phenoxy) is 1. The summed E-state index contributed by atoms with van der Waals surface area (Å²) in [5.41, 5.74) is 2.80. The summed E-state index contributed by atoms with van der Waals surface area (Å²) < 4.78 is 30.7. The standard InChI is InChI=1S/C21H26F2N6O2/c1-14(16-4-2-15(3-5-16)11-28-8-6-24-7-9-28)26-20-25-10-17-13-31-21(30)29(12-18(22)23)19(17)27-20/h2-5,10,14,18,24H,6-9,11-13H2,1H3,(H,25,26,27). The van der Waals surface area contributed by atoms with E-state index >= 15 is 0 Å². The summed E-state index contributed by atoms with van der Waals surface area (Å²) in [6.07, 6.45) is -2.02. The second kappa shape index (κ2) is 9.52. The fraction of sp³-hybridized carbons (Fsp3) is 0.476. The lowest BCUT2D eigenvalue weighted by molar-refractivity contribution is 0.122. The van der Waals surface area contributed by atoms with Gasteiger partial charge in [0.25, 0.3) is 6.43 Å². The molecule has 1 atom stereocenters. The molecule has 2 aliphatic heterocycles. The number of anilines is 2. The van der Waals surface area contributed by atoms with Crippen molar-refractivity contribution >= 4 is 17.9 Å². The number of alkyl halides is 2. The summed E-state index contributed by atoms with van der Waals surface area (Å²) in [7, 11) is 0. The number of aromatic nitrogens is 2. The second-order valence-corrected chi connectivity index (χ2v) is 7.73. The van der Waals surface area contributed by atoms with Crippen molar-refractivity contribution in [2.45, 2.75) is 32.5 Å². The highest BCUT2D eigenvalue weighted by molar-refractivity contribution is 5.89. The molecule has 166 valence electrons. The zero-order valence-electron chi connectivity index (χ0n) is 17.4. The average molecular weight is 432 g/mol. The minimum atomic E-state index is -2.69. The normalized spacial score (nSPS) is 17.9. The third-order valence-corrected chi connectivity index (χ3v) is 5.43. The summed E-state index contributed by atoms with van der Waals surface area (Å²) in [4.78, 5) is 23.7. The maximum absolute atomic E-state index is 12.9. The van der Waals surface area contributed by atoms with Crippen LogP contribution in [0.2, 0.25) is 0 Å². The van der Waals surface area contributed by atoms with Crippen molar-refractivity contribution in [1.29, 1.82) is 0 Å². The molecule has 0 bridgehead atoms. The number of benzene rings is 1. The van der Waals surface area contributed by atoms with Crippen LogP contribution >= 0.6 is 0 Å². The second-order valence-electron chi connectivity index (χ2n) is 7.73. The number of hydrogen-bond acceptors (Lipinski definition) is 7. The highest BCUT2D eigenvalue weighted by Gasteiger charge is 2.30. The Morgan fingerprint density at radius 1 is 1.23 bits per heavy atom. The highest BCUT2D eigenvalue weighted by atomic mass is 19.3. The molecule has 4 rings (SSSR count). The molecule has 31 heavy (non-hydrogen) atoms. The number of nitrogens with one attached hydrogen (secondary N) is 2. The van der Waals surface area contributed by atoms with Gasteiger partial charge in [-0.1, -0.05) is 24.3 Å². The van der Waals surface area contributed by atoms with Crippen LogP contribution in [-0.2, 0) is 17.9 Å². The summed E-state index contributed by atoms with van der Waals surface area (Å²) in [5, 5.41) is 6.54. The van der Waals surface area contributed by atoms with Gasteiger partial charge >= 0.3 is 6.09 Å². The first kappa shape index (κ1) is 21.4. The van der Waals surface area contributed by atoms with Crippen molar-refractivity contribution in [2.24, 2.45) is 0 Å². The molecule has 0 radical (unpaired) electrons. The molecule has 1 fully saturated rings. The van der Waals surface area contributed by atoms with Gasteiger partial charge in [-0.25, -0.2) is 18.6 Å². The van der Waals surface area contributed by atoms with Gasteiger partial charge in [-0.05, 0) is 18.1 Å². The minimum absolute atomic E-state index is 0.0295. The van der Waals surface area contributed by atoms with Gasteiger partial charge in [-0.3, -0.25) is 9.80 Å². The van der Waals surface area contributed by atoms with E-state index in [1.807, 2.05) is 6.92 Å². The topological polar surface area (TPSA) is 82.6 Å². The molecule has 10 heteroatoms. The smallest absolute Gasteiger partial charge is 0.416 e. The number of amides is 1. The summed E-state index contributed by atoms with van der Waals surface area (Å²) in [6.45, 7) is 6.23. The number of cyclic esters (lactones) is 1. The largest absolute Gasteiger partial charge is 0.444 e. The third kappa shape index (κ3) is 5.26. The van der Waals surface area contributed by atoms with Gasteiger partial charge < -0.3 is 15.4 Å². The van der Waals surface area contributed by atoms with Crippen LogP contribution in [0.25, 0.3) is 0 Å². The van der Waals surface area contributed by atoms with Crippen LogP contribution in [0.1, 0.15) is 29.7 Å². The summed E-state index contributed by atoms with van der Waals surface area (Å²) in [6, 6.07) is 8.25. The lowest BCUT2D eigenvalue weighted by atomic mass is 10.1. The van der Waals surface area contributed by atoms with Crippen LogP contribution in [-0.4, -0.2) is 60.1 Å². The Kier molecular flexibility index (Phi) is 6.57. The summed E-state index contributed by atoms with van der Waals surface area (Å²) >= 11 is 0. The highest BCUT2D eigenvalue weighted by Crippen LogP contribution is 2.27. The summed E-state index contributed by atoms with van der Waals surface area (Å²) in [5.74, 6) is 0.428. The predicted molar refractivity (Wildman–Crippen MR) is 112 cm³/mol. The van der Waals surface area contributed by atoms with Crippen molar-refractivity contribution in [3.05, 3.63) is 47.2 Å². The zero-order chi connectivity index (χ0) is 21.8. The molecule has 0 saturated carbocycles. The first-order valence-electron chi connectivity index (χ1n) is 10.4. The van der Waals surface area contributed by atoms with E-state index in [0.29, 0.717) is 5.56 Å². The molecule has 1 aromatic heterocycles. The monoisotopic (exact) mass is 432 g/mol. The van der Waals surface area contributed by atoms with Gasteiger partial charge in [0, 0.05) is 38.9 Å². The average Bonchev–Trinajstić information content (AvgIpc) is 2.77. The Morgan fingerprint density at radius 3 is 2.68 bits per heavy atom. The van der Waals surface area contributed by atoms with Gasteiger partial charge in [-0.2, -0.15) is 4.98 Å². The molecule has 2 aliphatic rings. The molecule has 0 aliphatic carbocycles. The Hall–Kier alpha value is -2.85. The van der Waals surface area contributed by atoms with Gasteiger partial charge in [0.2, 0.25) is 5.95 Å². The van der Waals surface area contributed by atoms with Gasteiger partial charge in [-0.15, -0.1) is 0 Å². The molecular formula is C21H26F2N6O2. The van der Waals surface area contributed by atoms with E-state index in [4.69, 9.17) is 4.74 Å². The van der Waals surface area contributed by atoms with Gasteiger partial charge in [0.1, 0.15) is 12.4 Å². The van der Waals surface area contributed by atoms with Crippen LogP contribution in [0, 0.1) is 0 Å². The molecule has 3 heterocycles. The fourth-order valence-corrected chi connectivity index (χ4v) is 3.72. The van der Waals surface area contributed by atoms with E-state index in [1.165, 1.54) is 11.8 Å². The quantitative estimate of drug-likeness (QED) is 0.696. The molecule has 2 N–H and O–H groups in total. The zero-order valence-corrected chi connectivity index (χ0v) is 17.4. The van der Waals surface area contributed by atoms with Crippen LogP contribution in [0.3, 0.4) is 0 Å². The van der Waals surface area contributed by atoms with Crippen LogP contribution in [0.4, 0.5) is 25.3 Å². The predicted octanol–water partition coefficient (Wildman–Crippen LogP) is 2.78. The minimum Gasteiger partial charge on any atom is -0.444 e. The van der Waals surface area contributed by atoms with Crippen molar-refractivity contribution in [3.8, 4) is 0 Å². The van der Waals surface area contributed by atoms with E-state index in [9.17, 15) is 13.6 Å². The lowest BCUT2D eigenvalue weighted by Gasteiger charge is -2.28. The van der Waals surface area contributed by atoms with E-state index < -0.39 is 19.1 Å². The maximum atomic E-state index is 12.9. The number of fused-ring (bicyclic) bond motifs is 1. The molecular weight excluding hydrogens is 406 g/mol. The Labute approximate surface area is 179 Å². The molecule has 1 amide bonds. The van der Waals surface area contributed by atoms with E-state index in [0.717, 1.165) is 43.2 Å². The number of carbonyl (C=O) groups excluding carboxylic acids is 1. The van der Waals surface area contributed by atoms with Crippen molar-refractivity contribution < 1.29 is 18.3 Å². The van der Waals surface area contributed by atoms with Crippen molar-refractivity contribution in [1.82, 2.24) is 20.2 Å². The maximum Gasteiger partial charge on any atom is 0.416 e. The fourth-order valence-electron chi connectivity index (χ4n) is 3.72. The van der Waals surface area contributed by atoms with E-state index in [2.05, 4.69) is 49.8 Å². The van der Waals surface area contributed by atoms with Crippen molar-refractivity contribution in [3.63, 3.8) is 0 Å². The molecule has 2 aromatic rings. The molecule has 1 aromatic carbocycles. The van der Waals surface area contributed by atoms with Crippen molar-refractivity contribution in [2.75, 3.05) is 42.9 Å². The Balaban J connectivity index is 1.43. The van der Waals surface area contributed by atoms with E-state index in [-0.39, 0.29) is 24.4 Å². The molecule has 1 unspecified atom stereocenters. The number of hydrogen-bond donors (Lipinski definition) is 2. The molecule has 1 saturated heterocycles. The van der Waals surface area contributed by atoms with Gasteiger partial charge in [0.05, 0.1) is 18.2 Å².